The first-order valence-electron chi connectivity index (χ1n) is 6.83. The summed E-state index contributed by atoms with van der Waals surface area (Å²) in [5, 5.41) is 9.71. The Hall–Kier alpha value is 0.744. The summed E-state index contributed by atoms with van der Waals surface area (Å²) in [6.07, 6.45) is 12.2. The van der Waals surface area contributed by atoms with Gasteiger partial charge in [-0.3, -0.25) is 0 Å². The fourth-order valence-electron chi connectivity index (χ4n) is 2.76. The molecule has 2 aliphatic carbocycles. The van der Waals surface area contributed by atoms with Crippen LogP contribution >= 0.6 is 0 Å². The van der Waals surface area contributed by atoms with Gasteiger partial charge in [-0.1, -0.05) is 38.5 Å². The second kappa shape index (κ2) is 8.78. The Bertz CT molecular complexity index is 174. The molecule has 0 unspecified atom stereocenters. The van der Waals surface area contributed by atoms with Crippen molar-refractivity contribution in [2.24, 2.45) is 0 Å². The van der Waals surface area contributed by atoms with E-state index >= 15 is 0 Å². The quantitative estimate of drug-likeness (QED) is 0.788. The monoisotopic (exact) mass is 348 g/mol. The molecule has 2 saturated carbocycles. The van der Waals surface area contributed by atoms with Gasteiger partial charge in [-0.05, 0) is 25.7 Å². The summed E-state index contributed by atoms with van der Waals surface area (Å²) in [7, 11) is -0.994. The van der Waals surface area contributed by atoms with Crippen molar-refractivity contribution < 1.29 is 14.3 Å². The summed E-state index contributed by atoms with van der Waals surface area (Å²) in [5.74, 6) is 0. The number of rotatable bonds is 4. The van der Waals surface area contributed by atoms with Crippen LogP contribution in [0.25, 0.3) is 0 Å². The summed E-state index contributed by atoms with van der Waals surface area (Å²) >= 11 is 0. The van der Waals surface area contributed by atoms with Gasteiger partial charge in [0.1, 0.15) is 0 Å². The Balaban J connectivity index is 0.00000144. The van der Waals surface area contributed by atoms with E-state index in [9.17, 15) is 5.02 Å². The Kier molecular flexibility index (Phi) is 8.16. The molecular formula is C12H25BO3Sn. The number of hydrogen-bond donors (Lipinski definition) is 1. The van der Waals surface area contributed by atoms with Crippen LogP contribution < -0.4 is 0 Å². The van der Waals surface area contributed by atoms with E-state index in [0.29, 0.717) is 0 Å². The van der Waals surface area contributed by atoms with E-state index < -0.39 is 7.32 Å². The SMILES string of the molecule is OB(OC1CCCCC1)OC1CCCCC1.[SnH2]. The van der Waals surface area contributed by atoms with Gasteiger partial charge in [0, 0.05) is 12.2 Å². The van der Waals surface area contributed by atoms with Gasteiger partial charge in [0.2, 0.25) is 0 Å². The van der Waals surface area contributed by atoms with Gasteiger partial charge in [-0.15, -0.1) is 0 Å². The first-order chi connectivity index (χ1) is 7.84. The molecule has 3 nitrogen and oxygen atoms in total. The summed E-state index contributed by atoms with van der Waals surface area (Å²) in [5.41, 5.74) is 0. The van der Waals surface area contributed by atoms with Gasteiger partial charge < -0.3 is 14.3 Å². The molecule has 0 bridgehead atoms. The van der Waals surface area contributed by atoms with Crippen molar-refractivity contribution in [3.05, 3.63) is 0 Å². The molecule has 0 aliphatic heterocycles. The van der Waals surface area contributed by atoms with Crippen LogP contribution in [0.3, 0.4) is 0 Å². The van der Waals surface area contributed by atoms with Crippen LogP contribution in [0.5, 0.6) is 0 Å². The summed E-state index contributed by atoms with van der Waals surface area (Å²) in [6, 6.07) is 0. The van der Waals surface area contributed by atoms with Crippen molar-refractivity contribution in [3.8, 4) is 0 Å². The zero-order valence-electron chi connectivity index (χ0n) is 10.8. The molecule has 0 aromatic carbocycles. The van der Waals surface area contributed by atoms with E-state index in [1.54, 1.807) is 0 Å². The van der Waals surface area contributed by atoms with Crippen LogP contribution in [-0.4, -0.2) is 48.5 Å². The molecule has 5 heteroatoms. The normalized spacial score (nSPS) is 23.1. The molecule has 0 aromatic heterocycles. The standard InChI is InChI=1S/C12H23BO3.Sn.2H/c14-13(15-11-7-3-1-4-8-11)16-12-9-5-2-6-10-12;;;/h11-12,14H,1-10H2;;;. The van der Waals surface area contributed by atoms with E-state index in [1.165, 1.54) is 38.5 Å². The molecular weight excluding hydrogens is 322 g/mol. The van der Waals surface area contributed by atoms with Gasteiger partial charge in [0.15, 0.2) is 0 Å². The van der Waals surface area contributed by atoms with E-state index in [-0.39, 0.29) is 36.1 Å². The van der Waals surface area contributed by atoms with Crippen LogP contribution in [0, 0.1) is 0 Å². The predicted molar refractivity (Wildman–Crippen MR) is 72.4 cm³/mol. The van der Waals surface area contributed by atoms with Crippen LogP contribution in [0.4, 0.5) is 0 Å². The third kappa shape index (κ3) is 5.94. The number of hydrogen-bond acceptors (Lipinski definition) is 3. The molecule has 2 radical (unpaired) electrons. The molecule has 2 aliphatic rings. The molecule has 0 amide bonds. The Labute approximate surface area is 122 Å². The second-order valence-corrected chi connectivity index (χ2v) is 5.10. The third-order valence-corrected chi connectivity index (χ3v) is 3.72. The zero-order valence-corrected chi connectivity index (χ0v) is 14.8. The van der Waals surface area contributed by atoms with Crippen molar-refractivity contribution >= 4 is 31.2 Å². The predicted octanol–water partition coefficient (Wildman–Crippen LogP) is 1.75. The second-order valence-electron chi connectivity index (χ2n) is 5.10. The van der Waals surface area contributed by atoms with Crippen LogP contribution in [0.15, 0.2) is 0 Å². The molecule has 2 fully saturated rings. The van der Waals surface area contributed by atoms with Crippen molar-refractivity contribution in [3.63, 3.8) is 0 Å². The molecule has 0 spiro atoms. The van der Waals surface area contributed by atoms with Crippen LogP contribution in [0.1, 0.15) is 64.2 Å². The minimum absolute atomic E-state index is 0. The maximum absolute atomic E-state index is 9.71. The molecule has 0 aromatic rings. The third-order valence-electron chi connectivity index (χ3n) is 3.72. The Morgan fingerprint density at radius 1 is 0.706 bits per heavy atom. The first-order valence-corrected chi connectivity index (χ1v) is 6.83. The molecule has 0 saturated heterocycles. The van der Waals surface area contributed by atoms with Crippen molar-refractivity contribution in [1.29, 1.82) is 0 Å². The van der Waals surface area contributed by atoms with E-state index in [1.807, 2.05) is 0 Å². The first kappa shape index (κ1) is 15.8. The molecule has 0 atom stereocenters. The molecule has 2 rings (SSSR count). The van der Waals surface area contributed by atoms with Gasteiger partial charge >= 0.3 is 31.2 Å². The van der Waals surface area contributed by atoms with Gasteiger partial charge in [0.25, 0.3) is 0 Å². The molecule has 98 valence electrons. The van der Waals surface area contributed by atoms with Crippen molar-refractivity contribution in [2.75, 3.05) is 0 Å². The fourth-order valence-corrected chi connectivity index (χ4v) is 2.76. The topological polar surface area (TPSA) is 38.7 Å². The fraction of sp³-hybridized carbons (Fsp3) is 1.00. The Morgan fingerprint density at radius 3 is 1.41 bits per heavy atom. The maximum atomic E-state index is 9.71. The van der Waals surface area contributed by atoms with Crippen LogP contribution in [0.2, 0.25) is 0 Å². The van der Waals surface area contributed by atoms with Gasteiger partial charge in [-0.2, -0.15) is 0 Å². The average Bonchev–Trinajstić information content (AvgIpc) is 2.31. The minimum atomic E-state index is -0.994. The molecule has 17 heavy (non-hydrogen) atoms. The van der Waals surface area contributed by atoms with Gasteiger partial charge in [-0.25, -0.2) is 0 Å². The Morgan fingerprint density at radius 2 is 1.06 bits per heavy atom. The summed E-state index contributed by atoms with van der Waals surface area (Å²) in [4.78, 5) is 0. The van der Waals surface area contributed by atoms with Crippen molar-refractivity contribution in [1.82, 2.24) is 0 Å². The van der Waals surface area contributed by atoms with E-state index in [2.05, 4.69) is 0 Å². The zero-order chi connectivity index (χ0) is 11.2. The van der Waals surface area contributed by atoms with E-state index in [4.69, 9.17) is 9.31 Å². The van der Waals surface area contributed by atoms with Crippen molar-refractivity contribution in [2.45, 2.75) is 76.4 Å². The van der Waals surface area contributed by atoms with Crippen LogP contribution in [-0.2, 0) is 9.31 Å². The average molecular weight is 347 g/mol. The molecule has 1 N–H and O–H groups in total. The summed E-state index contributed by atoms with van der Waals surface area (Å²) < 4.78 is 11.1. The van der Waals surface area contributed by atoms with Gasteiger partial charge in [0.05, 0.1) is 0 Å². The summed E-state index contributed by atoms with van der Waals surface area (Å²) in [6.45, 7) is 0. The van der Waals surface area contributed by atoms with E-state index in [0.717, 1.165) is 25.7 Å². The molecule has 0 heterocycles.